The molecule has 16 nitrogen and oxygen atoms in total. The van der Waals surface area contributed by atoms with Gasteiger partial charge in [0.2, 0.25) is 5.78 Å². The summed E-state index contributed by atoms with van der Waals surface area (Å²) in [6.07, 6.45) is 6.03. The normalized spacial score (nSPS) is 32.4. The van der Waals surface area contributed by atoms with Crippen molar-refractivity contribution >= 4 is 29.1 Å². The van der Waals surface area contributed by atoms with E-state index in [4.69, 9.17) is 28.4 Å². The molecule has 0 radical (unpaired) electrons. The van der Waals surface area contributed by atoms with E-state index >= 15 is 0 Å². The Labute approximate surface area is 379 Å². The average molecular weight is 900 g/mol. The SMILES string of the molecule is CO[C@H]1/C=C/O[C@@]2(C)Oc3c(C)c(O)c4c(c3C2=O)C2Nc3ccc(OCCN5CCCC5)cc3OC2=C(NC(=O)/C(C)=C\C=C\[C@H](C)[C@H](O)[C@@H](C)[C@@H](O)[C@@H](C)[C@H](OC(C)=O)[C@@H]1C)C4=O. The van der Waals surface area contributed by atoms with Crippen LogP contribution in [0.1, 0.15) is 99.2 Å². The summed E-state index contributed by atoms with van der Waals surface area (Å²) in [6.45, 7) is 16.0. The van der Waals surface area contributed by atoms with Gasteiger partial charge < -0.3 is 54.4 Å². The molecular formula is C49H61N3O13. The lowest BCUT2D eigenvalue weighted by molar-refractivity contribution is -0.160. The molecule has 65 heavy (non-hydrogen) atoms. The van der Waals surface area contributed by atoms with Crippen LogP contribution in [0.2, 0.25) is 0 Å². The Bertz CT molecular complexity index is 2350. The van der Waals surface area contributed by atoms with E-state index in [0.29, 0.717) is 23.8 Å². The molecule has 4 aliphatic heterocycles. The van der Waals surface area contributed by atoms with Crippen LogP contribution in [0.3, 0.4) is 0 Å². The number of ketones is 2. The van der Waals surface area contributed by atoms with Crippen molar-refractivity contribution in [2.75, 3.05) is 38.7 Å². The first kappa shape index (κ1) is 47.3. The first-order chi connectivity index (χ1) is 30.9. The third-order valence-corrected chi connectivity index (χ3v) is 13.4. The molecule has 1 aliphatic carbocycles. The number of likely N-dealkylation sites (tertiary alicyclic amines) is 1. The highest BCUT2D eigenvalue weighted by Gasteiger charge is 2.54. The number of anilines is 1. The van der Waals surface area contributed by atoms with Crippen LogP contribution in [0.25, 0.3) is 0 Å². The number of allylic oxidation sites excluding steroid dienone is 3. The fourth-order valence-electron chi connectivity index (χ4n) is 9.44. The number of nitrogens with zero attached hydrogens (tertiary/aromatic N) is 1. The van der Waals surface area contributed by atoms with Gasteiger partial charge in [0.25, 0.3) is 11.7 Å². The van der Waals surface area contributed by atoms with E-state index < -0.39 is 89.1 Å². The van der Waals surface area contributed by atoms with Gasteiger partial charge in [0.15, 0.2) is 11.5 Å². The van der Waals surface area contributed by atoms with Gasteiger partial charge >= 0.3 is 11.8 Å². The highest BCUT2D eigenvalue weighted by molar-refractivity contribution is 6.19. The predicted molar refractivity (Wildman–Crippen MR) is 238 cm³/mol. The molecule has 350 valence electrons. The number of ether oxygens (including phenoxy) is 6. The first-order valence-corrected chi connectivity index (χ1v) is 22.3. The molecule has 5 bridgehead atoms. The van der Waals surface area contributed by atoms with Crippen LogP contribution in [0.5, 0.6) is 23.0 Å². The number of Topliss-reactive ketones (excluding diaryl/α,β-unsaturated/α-hetero) is 2. The predicted octanol–water partition coefficient (Wildman–Crippen LogP) is 5.80. The van der Waals surface area contributed by atoms with Crippen LogP contribution in [-0.2, 0) is 23.8 Å². The Morgan fingerprint density at radius 2 is 1.71 bits per heavy atom. The smallest absolute Gasteiger partial charge is 0.312 e. The summed E-state index contributed by atoms with van der Waals surface area (Å²) in [5, 5.41) is 41.0. The number of fused-ring (bicyclic) bond motifs is 4. The number of carbonyl (C=O) groups is 4. The maximum Gasteiger partial charge on any atom is 0.312 e. The monoisotopic (exact) mass is 899 g/mol. The van der Waals surface area contributed by atoms with E-state index in [-0.39, 0.29) is 45.0 Å². The van der Waals surface area contributed by atoms with Crippen LogP contribution in [0.4, 0.5) is 5.69 Å². The van der Waals surface area contributed by atoms with Crippen molar-refractivity contribution in [2.45, 2.75) is 104 Å². The number of aliphatic hydroxyl groups is 2. The summed E-state index contributed by atoms with van der Waals surface area (Å²) < 4.78 is 36.6. The number of hydrogen-bond acceptors (Lipinski definition) is 15. The van der Waals surface area contributed by atoms with Gasteiger partial charge in [-0.05, 0) is 58.0 Å². The van der Waals surface area contributed by atoms with Gasteiger partial charge in [-0.25, -0.2) is 0 Å². The van der Waals surface area contributed by atoms with Gasteiger partial charge in [-0.2, -0.15) is 0 Å². The Balaban J connectivity index is 1.32. The number of benzene rings is 2. The van der Waals surface area contributed by atoms with Crippen molar-refractivity contribution in [3.63, 3.8) is 0 Å². The second-order valence-corrected chi connectivity index (χ2v) is 18.0. The Hall–Kier alpha value is -5.68. The summed E-state index contributed by atoms with van der Waals surface area (Å²) in [6, 6.07) is 4.13. The molecule has 0 saturated carbocycles. The van der Waals surface area contributed by atoms with Crippen molar-refractivity contribution in [1.29, 1.82) is 0 Å². The molecule has 2 aromatic rings. The molecule has 16 heteroatoms. The van der Waals surface area contributed by atoms with Crippen molar-refractivity contribution < 1.29 is 62.9 Å². The fraction of sp³-hybridized carbons (Fsp3) is 0.510. The van der Waals surface area contributed by atoms with Gasteiger partial charge in [0.05, 0.1) is 41.4 Å². The summed E-state index contributed by atoms with van der Waals surface area (Å²) in [5.74, 6) is -6.85. The summed E-state index contributed by atoms with van der Waals surface area (Å²) in [5.41, 5.74) is 0.341. The number of phenolic OH excluding ortho intramolecular Hbond substituents is 1. The van der Waals surface area contributed by atoms with Gasteiger partial charge in [-0.1, -0.05) is 45.9 Å². The van der Waals surface area contributed by atoms with Crippen LogP contribution in [-0.4, -0.2) is 107 Å². The number of carbonyl (C=O) groups excluding carboxylic acids is 4. The highest BCUT2D eigenvalue weighted by Crippen LogP contribution is 2.54. The molecule has 2 aromatic carbocycles. The van der Waals surface area contributed by atoms with Crippen LogP contribution < -0.4 is 24.8 Å². The quantitative estimate of drug-likeness (QED) is 0.217. The molecule has 10 atom stereocenters. The number of aromatic hydroxyl groups is 1. The van der Waals surface area contributed by atoms with Gasteiger partial charge in [0, 0.05) is 73.9 Å². The minimum absolute atomic E-state index is 0.00727. The molecule has 1 fully saturated rings. The largest absolute Gasteiger partial charge is 0.507 e. The Morgan fingerprint density at radius 1 is 0.985 bits per heavy atom. The molecule has 1 unspecified atom stereocenters. The van der Waals surface area contributed by atoms with Crippen molar-refractivity contribution in [1.82, 2.24) is 10.2 Å². The molecule has 1 saturated heterocycles. The third-order valence-electron chi connectivity index (χ3n) is 13.4. The second-order valence-electron chi connectivity index (χ2n) is 18.0. The van der Waals surface area contributed by atoms with Gasteiger partial charge in [-0.3, -0.25) is 24.1 Å². The third kappa shape index (κ3) is 9.13. The zero-order valence-electron chi connectivity index (χ0n) is 38.4. The van der Waals surface area contributed by atoms with E-state index in [9.17, 15) is 34.5 Å². The molecule has 5 aliphatic rings. The van der Waals surface area contributed by atoms with Crippen molar-refractivity contribution in [3.8, 4) is 23.0 Å². The van der Waals surface area contributed by atoms with Gasteiger partial charge in [-0.15, -0.1) is 0 Å². The maximum atomic E-state index is 14.8. The van der Waals surface area contributed by atoms with E-state index in [1.54, 1.807) is 65.0 Å². The molecule has 0 aromatic heterocycles. The van der Waals surface area contributed by atoms with Crippen molar-refractivity contribution in [2.24, 2.45) is 23.7 Å². The summed E-state index contributed by atoms with van der Waals surface area (Å²) >= 11 is 0. The fourth-order valence-corrected chi connectivity index (χ4v) is 9.44. The molecular weight excluding hydrogens is 839 g/mol. The van der Waals surface area contributed by atoms with Gasteiger partial charge in [0.1, 0.15) is 41.7 Å². The minimum atomic E-state index is -2.01. The van der Waals surface area contributed by atoms with E-state index in [1.807, 2.05) is 0 Å². The topological polar surface area (TPSA) is 212 Å². The van der Waals surface area contributed by atoms with Crippen LogP contribution in [0.15, 0.2) is 65.8 Å². The van der Waals surface area contributed by atoms with Crippen LogP contribution in [0, 0.1) is 30.6 Å². The number of methoxy groups -OCH3 is 1. The lowest BCUT2D eigenvalue weighted by atomic mass is 9.78. The lowest BCUT2D eigenvalue weighted by Crippen LogP contribution is -2.46. The number of phenols is 1. The molecule has 4 heterocycles. The highest BCUT2D eigenvalue weighted by atomic mass is 16.7. The number of amides is 1. The standard InChI is InChI=1S/C49H61N3O13/c1-24-13-12-14-25(2)48(59)51-39-43(57)36-35(38-46(39)64-34-23-31(15-16-32(34)50-38)61-22-20-52-18-10-11-19-52)37-45(29(6)42(36)56)65-49(8,47(37)58)62-21-17-33(60-9)26(3)44(63-30(7)53)28(5)41(55)27(4)40(24)54/h12-17,21,23-24,26-28,33,38,40-41,44,50,54-56H,10-11,18-20,22H2,1-9H3,(H,51,59)/b13-12+,21-17+,25-14-/t24-,26+,27+,28+,33-,38?,40-,41+,44+,49-/m0/s1. The average Bonchev–Trinajstić information content (AvgIpc) is 3.90. The zero-order valence-corrected chi connectivity index (χ0v) is 38.4. The van der Waals surface area contributed by atoms with E-state index in [1.165, 1.54) is 46.3 Å². The molecule has 5 N–H and O–H groups in total. The molecule has 1 amide bonds. The molecule has 7 rings (SSSR count). The zero-order chi connectivity index (χ0) is 47.1. The van der Waals surface area contributed by atoms with E-state index in [0.717, 1.165) is 32.5 Å². The lowest BCUT2D eigenvalue weighted by Gasteiger charge is -2.38. The number of nitrogens with one attached hydrogen (secondary N) is 2. The first-order valence-electron chi connectivity index (χ1n) is 22.3. The van der Waals surface area contributed by atoms with Crippen molar-refractivity contribution in [3.05, 3.63) is 88.0 Å². The minimum Gasteiger partial charge on any atom is -0.507 e. The van der Waals surface area contributed by atoms with Crippen LogP contribution >= 0.6 is 0 Å². The number of aliphatic hydroxyl groups excluding tert-OH is 2. The Kier molecular flexibility index (Phi) is 13.9. The van der Waals surface area contributed by atoms with E-state index in [2.05, 4.69) is 15.5 Å². The number of hydrogen-bond donors (Lipinski definition) is 5. The summed E-state index contributed by atoms with van der Waals surface area (Å²) in [7, 11) is 1.45. The molecule has 0 spiro atoms. The Morgan fingerprint density at radius 3 is 2.40 bits per heavy atom. The maximum absolute atomic E-state index is 14.8. The second kappa shape index (κ2) is 19.0. The summed E-state index contributed by atoms with van der Waals surface area (Å²) in [4.78, 5) is 58.3. The number of esters is 1. The number of rotatable bonds is 6.